The van der Waals surface area contributed by atoms with Crippen LogP contribution in [-0.2, 0) is 17.5 Å². The van der Waals surface area contributed by atoms with Gasteiger partial charge in [0.2, 0.25) is 0 Å². The fraction of sp³-hybridized carbons (Fsp3) is 0.320. The second-order valence-corrected chi connectivity index (χ2v) is 9.81. The minimum Gasteiger partial charge on any atom is -0.497 e. The zero-order valence-electron chi connectivity index (χ0n) is 19.5. The largest absolute Gasteiger partial charge is 0.497 e. The number of aliphatic imine (C=N–C) groups is 1. The van der Waals surface area contributed by atoms with Crippen molar-refractivity contribution in [2.75, 3.05) is 20.2 Å². The van der Waals surface area contributed by atoms with E-state index in [0.717, 1.165) is 36.4 Å². The molecule has 1 amide bonds. The van der Waals surface area contributed by atoms with Crippen molar-refractivity contribution in [3.05, 3.63) is 64.2 Å². The van der Waals surface area contributed by atoms with Crippen LogP contribution in [0.2, 0.25) is 0 Å². The number of amidine groups is 1. The van der Waals surface area contributed by atoms with E-state index >= 15 is 0 Å². The molecule has 0 radical (unpaired) electrons. The molecule has 11 heteroatoms. The number of nitrogens with two attached hydrogens (primary N) is 1. The van der Waals surface area contributed by atoms with Crippen LogP contribution in [-0.4, -0.2) is 52.0 Å². The van der Waals surface area contributed by atoms with Crippen molar-refractivity contribution in [2.24, 2.45) is 10.7 Å². The maximum atomic E-state index is 13.6. The molecule has 36 heavy (non-hydrogen) atoms. The lowest BCUT2D eigenvalue weighted by Crippen LogP contribution is -2.44. The molecule has 2 N–H and O–H groups in total. The van der Waals surface area contributed by atoms with Gasteiger partial charge in [-0.05, 0) is 66.1 Å². The molecule has 2 aromatic carbocycles. The topological polar surface area (TPSA) is 85.7 Å². The molecule has 7 nitrogen and oxygen atoms in total. The number of hydrogen-bond acceptors (Lipinski definition) is 6. The van der Waals surface area contributed by atoms with Crippen molar-refractivity contribution >= 4 is 39.8 Å². The van der Waals surface area contributed by atoms with Gasteiger partial charge in [-0.3, -0.25) is 9.48 Å². The number of methoxy groups -OCH3 is 1. The van der Waals surface area contributed by atoms with Gasteiger partial charge >= 0.3 is 6.18 Å². The van der Waals surface area contributed by atoms with E-state index in [0.29, 0.717) is 22.1 Å². The van der Waals surface area contributed by atoms with Crippen LogP contribution in [0.1, 0.15) is 29.5 Å². The van der Waals surface area contributed by atoms with Crippen LogP contribution in [0.3, 0.4) is 0 Å². The van der Waals surface area contributed by atoms with Crippen molar-refractivity contribution in [3.63, 3.8) is 0 Å². The summed E-state index contributed by atoms with van der Waals surface area (Å²) in [6.07, 6.45) is 0.798. The molecule has 0 saturated carbocycles. The predicted molar refractivity (Wildman–Crippen MR) is 134 cm³/mol. The quantitative estimate of drug-likeness (QED) is 0.515. The number of likely N-dealkylation sites (tertiary alicyclic amines) is 1. The molecule has 1 aromatic heterocycles. The van der Waals surface area contributed by atoms with Gasteiger partial charge < -0.3 is 15.4 Å². The number of amides is 1. The summed E-state index contributed by atoms with van der Waals surface area (Å²) in [5.74, 6) is -0.146. The van der Waals surface area contributed by atoms with E-state index < -0.39 is 11.7 Å². The first-order chi connectivity index (χ1) is 17.2. The van der Waals surface area contributed by atoms with Gasteiger partial charge in [-0.2, -0.15) is 23.3 Å². The molecule has 0 bridgehead atoms. The van der Waals surface area contributed by atoms with E-state index in [4.69, 9.17) is 10.5 Å². The summed E-state index contributed by atoms with van der Waals surface area (Å²) in [4.78, 5) is 19.3. The number of carbonyl (C=O) groups is 1. The Labute approximate surface area is 209 Å². The van der Waals surface area contributed by atoms with Crippen molar-refractivity contribution in [2.45, 2.75) is 31.6 Å². The Kier molecular flexibility index (Phi) is 6.52. The van der Waals surface area contributed by atoms with Crippen LogP contribution < -0.4 is 10.5 Å². The number of alkyl halides is 3. The van der Waals surface area contributed by atoms with Gasteiger partial charge in [-0.25, -0.2) is 0 Å². The standard InChI is InChI=1S/C25H24F3N5O2S/c1-35-19-6-5-16(20(11-19)25(26,27)28)13-33-21-7-4-15(9-17(21)12-30-33)10-22-23(34)31-24(36-22)32-8-2-3-18(29)14-32/h4-7,9-12,18H,2-3,8,13-14,29H2,1H3/t18-/m0/s1. The number of carbonyl (C=O) groups excluding carboxylic acids is 1. The summed E-state index contributed by atoms with van der Waals surface area (Å²) >= 11 is 1.34. The molecule has 0 spiro atoms. The summed E-state index contributed by atoms with van der Waals surface area (Å²) < 4.78 is 47.3. The molecule has 2 aliphatic rings. The van der Waals surface area contributed by atoms with Crippen LogP contribution in [0.15, 0.2) is 52.5 Å². The number of fused-ring (bicyclic) bond motifs is 1. The molecule has 1 saturated heterocycles. The summed E-state index contributed by atoms with van der Waals surface area (Å²) in [5, 5.41) is 5.74. The van der Waals surface area contributed by atoms with E-state index in [1.54, 1.807) is 18.3 Å². The summed E-state index contributed by atoms with van der Waals surface area (Å²) in [7, 11) is 1.33. The van der Waals surface area contributed by atoms with Gasteiger partial charge in [0.1, 0.15) is 5.75 Å². The van der Waals surface area contributed by atoms with Gasteiger partial charge in [-0.1, -0.05) is 12.1 Å². The number of hydrogen-bond donors (Lipinski definition) is 1. The summed E-state index contributed by atoms with van der Waals surface area (Å²) in [5.41, 5.74) is 6.86. The Hall–Kier alpha value is -3.31. The normalized spacial score (nSPS) is 19.9. The van der Waals surface area contributed by atoms with Crippen LogP contribution in [0, 0.1) is 0 Å². The number of thioether (sulfide) groups is 1. The third-order valence-electron chi connectivity index (χ3n) is 6.24. The average molecular weight is 516 g/mol. The second-order valence-electron chi connectivity index (χ2n) is 8.80. The lowest BCUT2D eigenvalue weighted by atomic mass is 10.1. The van der Waals surface area contributed by atoms with Crippen molar-refractivity contribution in [1.29, 1.82) is 0 Å². The van der Waals surface area contributed by atoms with Gasteiger partial charge in [0.05, 0.1) is 35.8 Å². The van der Waals surface area contributed by atoms with Crippen molar-refractivity contribution in [3.8, 4) is 5.75 Å². The number of halogens is 3. The number of aromatic nitrogens is 2. The third kappa shape index (κ3) is 4.98. The lowest BCUT2D eigenvalue weighted by molar-refractivity contribution is -0.138. The molecular weight excluding hydrogens is 491 g/mol. The lowest BCUT2D eigenvalue weighted by Gasteiger charge is -2.31. The molecule has 0 unspecified atom stereocenters. The molecule has 188 valence electrons. The van der Waals surface area contributed by atoms with E-state index in [1.165, 1.54) is 35.7 Å². The highest BCUT2D eigenvalue weighted by molar-refractivity contribution is 8.18. The molecule has 0 aliphatic carbocycles. The Morgan fingerprint density at radius 2 is 2.08 bits per heavy atom. The molecular formula is C25H24F3N5O2S. The van der Waals surface area contributed by atoms with Crippen molar-refractivity contribution in [1.82, 2.24) is 14.7 Å². The minimum atomic E-state index is -4.52. The van der Waals surface area contributed by atoms with Gasteiger partial charge in [0, 0.05) is 24.5 Å². The first-order valence-corrected chi connectivity index (χ1v) is 12.3. The Morgan fingerprint density at radius 1 is 1.25 bits per heavy atom. The second kappa shape index (κ2) is 9.62. The third-order valence-corrected chi connectivity index (χ3v) is 7.29. The Balaban J connectivity index is 1.37. The maximum absolute atomic E-state index is 13.6. The van der Waals surface area contributed by atoms with E-state index in [2.05, 4.69) is 15.0 Å². The molecule has 2 aliphatic heterocycles. The van der Waals surface area contributed by atoms with Gasteiger partial charge in [0.25, 0.3) is 5.91 Å². The first-order valence-electron chi connectivity index (χ1n) is 11.4. The Bertz CT molecular complexity index is 1380. The number of piperidine rings is 1. The van der Waals surface area contributed by atoms with Gasteiger partial charge in [-0.15, -0.1) is 0 Å². The SMILES string of the molecule is COc1ccc(Cn2ncc3cc(C=C4SC(N5CCC[C@H](N)C5)=NC4=O)ccc32)c(C(F)(F)F)c1. The fourth-order valence-electron chi connectivity index (χ4n) is 4.44. The maximum Gasteiger partial charge on any atom is 0.416 e. The zero-order chi connectivity index (χ0) is 25.4. The number of nitrogens with zero attached hydrogens (tertiary/aromatic N) is 4. The highest BCUT2D eigenvalue weighted by Gasteiger charge is 2.34. The highest BCUT2D eigenvalue weighted by atomic mass is 32.2. The van der Waals surface area contributed by atoms with E-state index in [9.17, 15) is 18.0 Å². The monoisotopic (exact) mass is 515 g/mol. The Morgan fingerprint density at radius 3 is 2.83 bits per heavy atom. The average Bonchev–Trinajstić information content (AvgIpc) is 3.41. The zero-order valence-corrected chi connectivity index (χ0v) is 20.3. The number of rotatable bonds is 4. The highest BCUT2D eigenvalue weighted by Crippen LogP contribution is 2.35. The van der Waals surface area contributed by atoms with Crippen molar-refractivity contribution < 1.29 is 22.7 Å². The van der Waals surface area contributed by atoms with Crippen LogP contribution >= 0.6 is 11.8 Å². The summed E-state index contributed by atoms with van der Waals surface area (Å²) in [6, 6.07) is 9.45. The fourth-order valence-corrected chi connectivity index (χ4v) is 5.38. The molecule has 1 atom stereocenters. The van der Waals surface area contributed by atoms with Crippen LogP contribution in [0.5, 0.6) is 5.75 Å². The number of ether oxygens (including phenoxy) is 1. The van der Waals surface area contributed by atoms with Gasteiger partial charge in [0.15, 0.2) is 5.17 Å². The predicted octanol–water partition coefficient (Wildman–Crippen LogP) is 4.51. The molecule has 3 heterocycles. The molecule has 5 rings (SSSR count). The first kappa shape index (κ1) is 24.4. The summed E-state index contributed by atoms with van der Waals surface area (Å²) in [6.45, 7) is 1.46. The minimum absolute atomic E-state index is 0.0493. The van der Waals surface area contributed by atoms with E-state index in [-0.39, 0.29) is 29.8 Å². The molecule has 1 fully saturated rings. The smallest absolute Gasteiger partial charge is 0.416 e. The molecule has 3 aromatic rings. The number of benzene rings is 2. The van der Waals surface area contributed by atoms with Crippen LogP contribution in [0.25, 0.3) is 17.0 Å². The van der Waals surface area contributed by atoms with Crippen LogP contribution in [0.4, 0.5) is 13.2 Å². The van der Waals surface area contributed by atoms with E-state index in [1.807, 2.05) is 12.1 Å².